The van der Waals surface area contributed by atoms with Crippen LogP contribution in [0.2, 0.25) is 0 Å². The Morgan fingerprint density at radius 2 is 2.08 bits per heavy atom. The molecule has 1 aliphatic rings. The lowest BCUT2D eigenvalue weighted by molar-refractivity contribution is 0.675. The summed E-state index contributed by atoms with van der Waals surface area (Å²) >= 11 is 1.81. The van der Waals surface area contributed by atoms with E-state index in [1.54, 1.807) is 11.8 Å². The topological polar surface area (TPSA) is 17.1 Å². The molecule has 0 amide bonds. The summed E-state index contributed by atoms with van der Waals surface area (Å²) in [4.78, 5) is 0. The molecular weight excluding hydrogens is 200 g/mol. The van der Waals surface area contributed by atoms with Gasteiger partial charge in [-0.25, -0.2) is 0 Å². The number of hydrogen-bond acceptors (Lipinski definition) is 2. The third-order valence-corrected chi connectivity index (χ3v) is 6.42. The van der Waals surface area contributed by atoms with Crippen LogP contribution in [0.5, 0.6) is 0 Å². The largest absolute Gasteiger partial charge is 0.258 e. The first kappa shape index (κ1) is 9.28. The molecule has 1 aliphatic heterocycles. The summed E-state index contributed by atoms with van der Waals surface area (Å²) < 4.78 is 11.6. The molecule has 1 aromatic rings. The van der Waals surface area contributed by atoms with Crippen LogP contribution in [-0.4, -0.2) is 15.7 Å². The number of hydrogen-bond donors (Lipinski definition) is 0. The molecule has 0 bridgehead atoms. The highest BCUT2D eigenvalue weighted by molar-refractivity contribution is 8.14. The van der Waals surface area contributed by atoms with Crippen LogP contribution in [0.4, 0.5) is 0 Å². The Balaban J connectivity index is 2.40. The van der Waals surface area contributed by atoms with Crippen molar-refractivity contribution in [1.29, 1.82) is 0 Å². The van der Waals surface area contributed by atoms with E-state index in [9.17, 15) is 4.21 Å². The maximum Gasteiger partial charge on any atom is 0.113 e. The summed E-state index contributed by atoms with van der Waals surface area (Å²) in [6, 6.07) is 10.1. The van der Waals surface area contributed by atoms with Crippen molar-refractivity contribution in [3.63, 3.8) is 0 Å². The van der Waals surface area contributed by atoms with Gasteiger partial charge in [0, 0.05) is 22.3 Å². The predicted molar refractivity (Wildman–Crippen MR) is 59.3 cm³/mol. The van der Waals surface area contributed by atoms with E-state index in [1.807, 2.05) is 18.2 Å². The van der Waals surface area contributed by atoms with Gasteiger partial charge in [-0.05, 0) is 12.5 Å². The van der Waals surface area contributed by atoms with Gasteiger partial charge in [-0.2, -0.15) is 0 Å². The van der Waals surface area contributed by atoms with Crippen LogP contribution in [0.1, 0.15) is 12.5 Å². The summed E-state index contributed by atoms with van der Waals surface area (Å²) in [5.41, 5.74) is 1.19. The van der Waals surface area contributed by atoms with E-state index in [4.69, 9.17) is 0 Å². The second-order valence-corrected chi connectivity index (χ2v) is 6.90. The first-order chi connectivity index (χ1) is 6.23. The molecule has 1 fully saturated rings. The number of thioether (sulfide) groups is 1. The second-order valence-electron chi connectivity index (χ2n) is 3.21. The van der Waals surface area contributed by atoms with Crippen LogP contribution in [0, 0.1) is 0 Å². The molecule has 0 saturated carbocycles. The zero-order valence-corrected chi connectivity index (χ0v) is 9.16. The lowest BCUT2D eigenvalue weighted by Gasteiger charge is -2.21. The molecule has 0 N–H and O–H groups in total. The van der Waals surface area contributed by atoms with E-state index in [0.29, 0.717) is 0 Å². The Bertz CT molecular complexity index is 323. The summed E-state index contributed by atoms with van der Waals surface area (Å²) in [6.45, 7) is 2.08. The zero-order valence-electron chi connectivity index (χ0n) is 7.53. The maximum absolute atomic E-state index is 11.8. The molecule has 1 aromatic carbocycles. The fraction of sp³-hybridized carbons (Fsp3) is 0.400. The fourth-order valence-corrected chi connectivity index (χ4v) is 4.97. The van der Waals surface area contributed by atoms with E-state index in [1.165, 1.54) is 5.56 Å². The van der Waals surface area contributed by atoms with Crippen molar-refractivity contribution in [2.75, 3.05) is 11.5 Å². The first-order valence-electron chi connectivity index (χ1n) is 4.31. The molecule has 70 valence electrons. The summed E-state index contributed by atoms with van der Waals surface area (Å²) in [5, 5.41) is 0. The van der Waals surface area contributed by atoms with Gasteiger partial charge in [-0.3, -0.25) is 4.21 Å². The van der Waals surface area contributed by atoms with Crippen molar-refractivity contribution in [2.45, 2.75) is 11.0 Å². The van der Waals surface area contributed by atoms with Gasteiger partial charge < -0.3 is 0 Å². The third-order valence-electron chi connectivity index (χ3n) is 2.38. The van der Waals surface area contributed by atoms with Crippen LogP contribution >= 0.6 is 11.8 Å². The Hall–Kier alpha value is -0.280. The normalized spacial score (nSPS) is 33.5. The van der Waals surface area contributed by atoms with Crippen molar-refractivity contribution in [2.24, 2.45) is 0 Å². The molecule has 0 aromatic heterocycles. The van der Waals surface area contributed by atoms with Crippen LogP contribution < -0.4 is 0 Å². The van der Waals surface area contributed by atoms with Gasteiger partial charge in [0.2, 0.25) is 0 Å². The average molecular weight is 212 g/mol. The number of rotatable bonds is 1. The molecule has 2 atom stereocenters. The zero-order chi connectivity index (χ0) is 9.31. The summed E-state index contributed by atoms with van der Waals surface area (Å²) in [5.74, 6) is 1.84. The van der Waals surface area contributed by atoms with Crippen LogP contribution in [0.25, 0.3) is 0 Å². The first-order valence-corrected chi connectivity index (χ1v) is 6.62. The molecule has 1 heterocycles. The predicted octanol–water partition coefficient (Wildman–Crippen LogP) is 2.35. The third kappa shape index (κ3) is 1.55. The maximum atomic E-state index is 11.8. The number of benzene rings is 1. The van der Waals surface area contributed by atoms with Gasteiger partial charge in [0.1, 0.15) is 4.08 Å². The molecule has 1 saturated heterocycles. The lowest BCUT2D eigenvalue weighted by Crippen LogP contribution is -2.19. The smallest absolute Gasteiger partial charge is 0.113 e. The van der Waals surface area contributed by atoms with Crippen molar-refractivity contribution in [3.8, 4) is 0 Å². The molecule has 0 unspecified atom stereocenters. The molecule has 1 nitrogen and oxygen atoms in total. The van der Waals surface area contributed by atoms with Gasteiger partial charge in [-0.15, -0.1) is 11.8 Å². The van der Waals surface area contributed by atoms with Gasteiger partial charge >= 0.3 is 0 Å². The van der Waals surface area contributed by atoms with Gasteiger partial charge in [0.25, 0.3) is 0 Å². The molecule has 13 heavy (non-hydrogen) atoms. The fourth-order valence-electron chi connectivity index (χ4n) is 1.53. The molecule has 0 spiro atoms. The summed E-state index contributed by atoms with van der Waals surface area (Å²) in [6.07, 6.45) is 0. The van der Waals surface area contributed by atoms with E-state index < -0.39 is 10.8 Å². The van der Waals surface area contributed by atoms with Crippen LogP contribution in [0.15, 0.2) is 30.3 Å². The highest BCUT2D eigenvalue weighted by Crippen LogP contribution is 2.44. The Labute approximate surface area is 85.4 Å². The monoisotopic (exact) mass is 212 g/mol. The molecule has 0 aliphatic carbocycles. The minimum Gasteiger partial charge on any atom is -0.258 e. The van der Waals surface area contributed by atoms with Crippen molar-refractivity contribution < 1.29 is 4.21 Å². The van der Waals surface area contributed by atoms with E-state index in [0.717, 1.165) is 11.5 Å². The van der Waals surface area contributed by atoms with Gasteiger partial charge in [0.05, 0.1) is 0 Å². The quantitative estimate of drug-likeness (QED) is 0.711. The second kappa shape index (κ2) is 3.46. The SMILES string of the molecule is C[C@]1(c2ccccc2)SCC[S@@]1=O. The van der Waals surface area contributed by atoms with Crippen molar-refractivity contribution >= 4 is 22.6 Å². The van der Waals surface area contributed by atoms with Crippen LogP contribution in [-0.2, 0) is 14.9 Å². The van der Waals surface area contributed by atoms with E-state index >= 15 is 0 Å². The van der Waals surface area contributed by atoms with Gasteiger partial charge in [-0.1, -0.05) is 30.3 Å². The highest BCUT2D eigenvalue weighted by atomic mass is 32.2. The minimum absolute atomic E-state index is 0.165. The van der Waals surface area contributed by atoms with E-state index in [-0.39, 0.29) is 4.08 Å². The van der Waals surface area contributed by atoms with Gasteiger partial charge in [0.15, 0.2) is 0 Å². The highest BCUT2D eigenvalue weighted by Gasteiger charge is 2.38. The molecular formula is C10H12OS2. The lowest BCUT2D eigenvalue weighted by atomic mass is 10.2. The van der Waals surface area contributed by atoms with E-state index in [2.05, 4.69) is 19.1 Å². The van der Waals surface area contributed by atoms with Crippen molar-refractivity contribution in [3.05, 3.63) is 35.9 Å². The minimum atomic E-state index is -0.714. The molecule has 0 radical (unpaired) electrons. The Morgan fingerprint density at radius 3 is 2.62 bits per heavy atom. The van der Waals surface area contributed by atoms with Crippen molar-refractivity contribution in [1.82, 2.24) is 0 Å². The Kier molecular flexibility index (Phi) is 2.47. The standard InChI is InChI=1S/C10H12OS2/c1-10(12-7-8-13(10)11)9-5-3-2-4-6-9/h2-6H,7-8H2,1H3/t10-,13-/m0/s1. The molecule has 2 rings (SSSR count). The Morgan fingerprint density at radius 1 is 1.38 bits per heavy atom. The summed E-state index contributed by atoms with van der Waals surface area (Å²) in [7, 11) is -0.714. The molecule has 3 heteroatoms. The van der Waals surface area contributed by atoms with Crippen LogP contribution in [0.3, 0.4) is 0 Å². The average Bonchev–Trinajstić information content (AvgIpc) is 2.50.